The number of nitrogens with one attached hydrogen (secondary N) is 1. The minimum Gasteiger partial charge on any atom is -0.325 e. The summed E-state index contributed by atoms with van der Waals surface area (Å²) in [7, 11) is 0. The molecule has 1 heterocycles. The number of halogens is 1. The summed E-state index contributed by atoms with van der Waals surface area (Å²) in [6.07, 6.45) is 0. The van der Waals surface area contributed by atoms with Gasteiger partial charge in [-0.25, -0.2) is 4.98 Å². The summed E-state index contributed by atoms with van der Waals surface area (Å²) >= 11 is 5.73. The molecule has 0 aliphatic rings. The molecule has 3 nitrogen and oxygen atoms in total. The molecule has 0 bridgehead atoms. The Labute approximate surface area is 82.1 Å². The van der Waals surface area contributed by atoms with Crippen LogP contribution in [0.15, 0.2) is 6.07 Å². The maximum atomic E-state index is 10.8. The fourth-order valence-electron chi connectivity index (χ4n) is 1.15. The smallest absolute Gasteiger partial charge is 0.221 e. The maximum absolute atomic E-state index is 10.8. The number of amides is 1. The zero-order valence-corrected chi connectivity index (χ0v) is 8.57. The van der Waals surface area contributed by atoms with Gasteiger partial charge in [0.2, 0.25) is 5.91 Å². The van der Waals surface area contributed by atoms with Gasteiger partial charge in [-0.15, -0.1) is 0 Å². The van der Waals surface area contributed by atoms with Gasteiger partial charge < -0.3 is 5.32 Å². The summed E-state index contributed by atoms with van der Waals surface area (Å²) in [5.41, 5.74) is 2.41. The van der Waals surface area contributed by atoms with Crippen LogP contribution >= 0.6 is 11.6 Å². The van der Waals surface area contributed by atoms with Crippen LogP contribution in [0.25, 0.3) is 0 Å². The van der Waals surface area contributed by atoms with Crippen molar-refractivity contribution in [3.05, 3.63) is 22.5 Å². The molecule has 1 rings (SSSR count). The number of anilines is 1. The highest BCUT2D eigenvalue weighted by atomic mass is 35.5. The van der Waals surface area contributed by atoms with E-state index in [2.05, 4.69) is 10.3 Å². The standard InChI is InChI=1S/C9H11ClN2O/c1-5-4-8(10)11-6(2)9(5)12-7(3)13/h4H,1-3H3,(H,12,13). The van der Waals surface area contributed by atoms with Gasteiger partial charge in [0.15, 0.2) is 0 Å². The molecule has 0 aliphatic heterocycles. The second-order valence-corrected chi connectivity index (χ2v) is 3.29. The van der Waals surface area contributed by atoms with Crippen LogP contribution in [0.1, 0.15) is 18.2 Å². The normalized spacial score (nSPS) is 9.85. The molecule has 13 heavy (non-hydrogen) atoms. The minimum absolute atomic E-state index is 0.102. The van der Waals surface area contributed by atoms with E-state index in [1.807, 2.05) is 13.8 Å². The molecule has 0 radical (unpaired) electrons. The number of pyridine rings is 1. The van der Waals surface area contributed by atoms with E-state index in [9.17, 15) is 4.79 Å². The number of rotatable bonds is 1. The maximum Gasteiger partial charge on any atom is 0.221 e. The van der Waals surface area contributed by atoms with Crippen LogP contribution < -0.4 is 5.32 Å². The van der Waals surface area contributed by atoms with E-state index in [1.54, 1.807) is 6.07 Å². The van der Waals surface area contributed by atoms with Crippen molar-refractivity contribution in [2.45, 2.75) is 20.8 Å². The molecular weight excluding hydrogens is 188 g/mol. The number of carbonyl (C=O) groups is 1. The third-order valence-electron chi connectivity index (χ3n) is 1.67. The highest BCUT2D eigenvalue weighted by Gasteiger charge is 2.06. The first kappa shape index (κ1) is 9.99. The van der Waals surface area contributed by atoms with Crippen molar-refractivity contribution in [3.8, 4) is 0 Å². The van der Waals surface area contributed by atoms with E-state index >= 15 is 0 Å². The summed E-state index contributed by atoms with van der Waals surface area (Å²) in [6.45, 7) is 5.16. The van der Waals surface area contributed by atoms with E-state index < -0.39 is 0 Å². The van der Waals surface area contributed by atoms with E-state index in [1.165, 1.54) is 6.92 Å². The minimum atomic E-state index is -0.102. The molecule has 0 saturated carbocycles. The van der Waals surface area contributed by atoms with Crippen LogP contribution in [0, 0.1) is 13.8 Å². The number of nitrogens with zero attached hydrogens (tertiary/aromatic N) is 1. The summed E-state index contributed by atoms with van der Waals surface area (Å²) in [5.74, 6) is -0.102. The second-order valence-electron chi connectivity index (χ2n) is 2.90. The first-order valence-electron chi connectivity index (χ1n) is 3.92. The van der Waals surface area contributed by atoms with Gasteiger partial charge in [0.1, 0.15) is 5.15 Å². The van der Waals surface area contributed by atoms with Crippen molar-refractivity contribution in [1.82, 2.24) is 4.98 Å². The highest BCUT2D eigenvalue weighted by molar-refractivity contribution is 6.29. The molecule has 1 aromatic rings. The molecular formula is C9H11ClN2O. The number of carbonyl (C=O) groups excluding carboxylic acids is 1. The second kappa shape index (κ2) is 3.75. The highest BCUT2D eigenvalue weighted by Crippen LogP contribution is 2.21. The molecule has 0 aromatic carbocycles. The van der Waals surface area contributed by atoms with Crippen molar-refractivity contribution in [2.75, 3.05) is 5.32 Å². The largest absolute Gasteiger partial charge is 0.325 e. The lowest BCUT2D eigenvalue weighted by Gasteiger charge is -2.09. The first-order valence-corrected chi connectivity index (χ1v) is 4.30. The van der Waals surface area contributed by atoms with Gasteiger partial charge in [-0.1, -0.05) is 11.6 Å². The van der Waals surface area contributed by atoms with Crippen molar-refractivity contribution < 1.29 is 4.79 Å². The van der Waals surface area contributed by atoms with E-state index in [0.717, 1.165) is 16.9 Å². The summed E-state index contributed by atoms with van der Waals surface area (Å²) in [4.78, 5) is 14.9. The van der Waals surface area contributed by atoms with Gasteiger partial charge in [0.05, 0.1) is 11.4 Å². The Balaban J connectivity index is 3.13. The van der Waals surface area contributed by atoms with Crippen LogP contribution in [-0.2, 0) is 4.79 Å². The predicted molar refractivity (Wildman–Crippen MR) is 53.0 cm³/mol. The van der Waals surface area contributed by atoms with Gasteiger partial charge in [0, 0.05) is 6.92 Å². The van der Waals surface area contributed by atoms with Gasteiger partial charge in [-0.3, -0.25) is 4.79 Å². The van der Waals surface area contributed by atoms with Gasteiger partial charge in [0.25, 0.3) is 0 Å². The average molecular weight is 199 g/mol. The van der Waals surface area contributed by atoms with Crippen LogP contribution in [0.5, 0.6) is 0 Å². The molecule has 1 N–H and O–H groups in total. The van der Waals surface area contributed by atoms with Crippen LogP contribution in [0.3, 0.4) is 0 Å². The molecule has 0 unspecified atom stereocenters. The van der Waals surface area contributed by atoms with E-state index in [4.69, 9.17) is 11.6 Å². The van der Waals surface area contributed by atoms with Crippen LogP contribution in [0.4, 0.5) is 5.69 Å². The van der Waals surface area contributed by atoms with Gasteiger partial charge in [-0.05, 0) is 25.5 Å². The van der Waals surface area contributed by atoms with Crippen molar-refractivity contribution >= 4 is 23.2 Å². The summed E-state index contributed by atoms with van der Waals surface area (Å²) in [6, 6.07) is 1.72. The lowest BCUT2D eigenvalue weighted by molar-refractivity contribution is -0.114. The average Bonchev–Trinajstić information content (AvgIpc) is 1.96. The quantitative estimate of drug-likeness (QED) is 0.704. The number of hydrogen-bond acceptors (Lipinski definition) is 2. The molecule has 0 spiro atoms. The Morgan fingerprint density at radius 3 is 2.62 bits per heavy atom. The molecule has 1 amide bonds. The van der Waals surface area contributed by atoms with Gasteiger partial charge >= 0.3 is 0 Å². The monoisotopic (exact) mass is 198 g/mol. The first-order chi connectivity index (χ1) is 6.00. The number of aromatic nitrogens is 1. The number of aryl methyl sites for hydroxylation is 2. The van der Waals surface area contributed by atoms with Crippen molar-refractivity contribution in [2.24, 2.45) is 0 Å². The fraction of sp³-hybridized carbons (Fsp3) is 0.333. The molecule has 1 aromatic heterocycles. The van der Waals surface area contributed by atoms with Gasteiger partial charge in [-0.2, -0.15) is 0 Å². The molecule has 0 fully saturated rings. The predicted octanol–water partition coefficient (Wildman–Crippen LogP) is 2.31. The molecule has 0 saturated heterocycles. The third kappa shape index (κ3) is 2.42. The summed E-state index contributed by atoms with van der Waals surface area (Å²) in [5, 5.41) is 3.16. The Hall–Kier alpha value is -1.09. The van der Waals surface area contributed by atoms with E-state index in [0.29, 0.717) is 5.15 Å². The lowest BCUT2D eigenvalue weighted by Crippen LogP contribution is -2.09. The molecule has 0 aliphatic carbocycles. The Morgan fingerprint density at radius 1 is 1.54 bits per heavy atom. The Morgan fingerprint density at radius 2 is 2.15 bits per heavy atom. The zero-order valence-electron chi connectivity index (χ0n) is 7.81. The van der Waals surface area contributed by atoms with Crippen molar-refractivity contribution in [3.63, 3.8) is 0 Å². The molecule has 0 atom stereocenters. The third-order valence-corrected chi connectivity index (χ3v) is 1.86. The molecule has 4 heteroatoms. The zero-order chi connectivity index (χ0) is 10.0. The summed E-state index contributed by atoms with van der Waals surface area (Å²) < 4.78 is 0. The van der Waals surface area contributed by atoms with E-state index in [-0.39, 0.29) is 5.91 Å². The van der Waals surface area contributed by atoms with Crippen LogP contribution in [0.2, 0.25) is 5.15 Å². The lowest BCUT2D eigenvalue weighted by atomic mass is 10.2. The van der Waals surface area contributed by atoms with Crippen LogP contribution in [-0.4, -0.2) is 10.9 Å². The Kier molecular flexibility index (Phi) is 2.88. The Bertz CT molecular complexity index is 326. The fourth-order valence-corrected chi connectivity index (χ4v) is 1.44. The number of hydrogen-bond donors (Lipinski definition) is 1. The topological polar surface area (TPSA) is 42.0 Å². The molecule has 70 valence electrons. The van der Waals surface area contributed by atoms with Crippen molar-refractivity contribution in [1.29, 1.82) is 0 Å². The SMILES string of the molecule is CC(=O)Nc1c(C)cc(Cl)nc1C.